The molecule has 1 unspecified atom stereocenters. The molecular weight excluding hydrogens is 191 g/mol. The number of benzene rings is 1. The molecule has 0 aliphatic heterocycles. The van der Waals surface area contributed by atoms with Crippen LogP contribution in [-0.4, -0.2) is 4.98 Å². The van der Waals surface area contributed by atoms with Crippen molar-refractivity contribution in [3.05, 3.63) is 59.9 Å². The molecule has 0 saturated heterocycles. The van der Waals surface area contributed by atoms with Crippen LogP contribution < -0.4 is 5.73 Å². The molecule has 0 amide bonds. The molecule has 0 radical (unpaired) electrons. The number of rotatable bonds is 2. The van der Waals surface area contributed by atoms with Crippen molar-refractivity contribution in [1.29, 1.82) is 0 Å². The average Bonchev–Trinajstić information content (AvgIpc) is 2.30. The first kappa shape index (κ1) is 9.65. The lowest BCUT2D eigenvalue weighted by Gasteiger charge is -2.08. The van der Waals surface area contributed by atoms with Crippen LogP contribution in [0.5, 0.6) is 0 Å². The Morgan fingerprint density at radius 1 is 1.07 bits per heavy atom. The van der Waals surface area contributed by atoms with E-state index in [4.69, 9.17) is 5.73 Å². The number of anilines is 1. The van der Waals surface area contributed by atoms with Gasteiger partial charge in [0.15, 0.2) is 6.17 Å². The third-order valence-corrected chi connectivity index (χ3v) is 2.21. The number of nitrogens with two attached hydrogens (primary N) is 1. The SMILES string of the molecule is Nc1ccc(C(F)c2cccnc2)cc1. The zero-order chi connectivity index (χ0) is 10.7. The second-order valence-corrected chi connectivity index (χ2v) is 3.32. The Hall–Kier alpha value is -1.90. The largest absolute Gasteiger partial charge is 0.399 e. The van der Waals surface area contributed by atoms with E-state index in [2.05, 4.69) is 4.98 Å². The fraction of sp³-hybridized carbons (Fsp3) is 0.0833. The van der Waals surface area contributed by atoms with Gasteiger partial charge < -0.3 is 5.73 Å². The minimum Gasteiger partial charge on any atom is -0.399 e. The van der Waals surface area contributed by atoms with Crippen LogP contribution in [0.15, 0.2) is 48.8 Å². The zero-order valence-electron chi connectivity index (χ0n) is 8.10. The molecule has 1 atom stereocenters. The molecule has 0 aliphatic rings. The lowest BCUT2D eigenvalue weighted by molar-refractivity contribution is 0.401. The maximum atomic E-state index is 13.9. The van der Waals surface area contributed by atoms with Crippen LogP contribution in [0.25, 0.3) is 0 Å². The number of alkyl halides is 1. The van der Waals surface area contributed by atoms with Gasteiger partial charge in [-0.3, -0.25) is 4.98 Å². The number of nitrogen functional groups attached to an aromatic ring is 1. The Morgan fingerprint density at radius 2 is 1.80 bits per heavy atom. The van der Waals surface area contributed by atoms with Crippen LogP contribution in [0.3, 0.4) is 0 Å². The summed E-state index contributed by atoms with van der Waals surface area (Å²) in [5.74, 6) is 0. The second kappa shape index (κ2) is 4.09. The molecular formula is C12H11FN2. The molecule has 0 saturated carbocycles. The van der Waals surface area contributed by atoms with Gasteiger partial charge in [-0.1, -0.05) is 18.2 Å². The minimum absolute atomic E-state index is 0.558. The summed E-state index contributed by atoms with van der Waals surface area (Å²) in [6.45, 7) is 0. The predicted molar refractivity (Wildman–Crippen MR) is 58.0 cm³/mol. The average molecular weight is 202 g/mol. The first-order valence-corrected chi connectivity index (χ1v) is 4.67. The maximum Gasteiger partial charge on any atom is 0.152 e. The van der Waals surface area contributed by atoms with Crippen molar-refractivity contribution in [2.45, 2.75) is 6.17 Å². The monoisotopic (exact) mass is 202 g/mol. The van der Waals surface area contributed by atoms with Crippen molar-refractivity contribution in [3.63, 3.8) is 0 Å². The van der Waals surface area contributed by atoms with Gasteiger partial charge in [0.05, 0.1) is 0 Å². The van der Waals surface area contributed by atoms with E-state index in [0.717, 1.165) is 0 Å². The summed E-state index contributed by atoms with van der Waals surface area (Å²) >= 11 is 0. The summed E-state index contributed by atoms with van der Waals surface area (Å²) in [6.07, 6.45) is 2.01. The summed E-state index contributed by atoms with van der Waals surface area (Å²) < 4.78 is 13.9. The standard InChI is InChI=1S/C12H11FN2/c13-12(10-2-1-7-15-8-10)9-3-5-11(14)6-4-9/h1-8,12H,14H2. The zero-order valence-corrected chi connectivity index (χ0v) is 8.10. The highest BCUT2D eigenvalue weighted by Gasteiger charge is 2.11. The molecule has 1 aromatic carbocycles. The van der Waals surface area contributed by atoms with Gasteiger partial charge in [-0.05, 0) is 23.8 Å². The molecule has 0 aliphatic carbocycles. The molecule has 2 rings (SSSR count). The molecule has 2 aromatic rings. The van der Waals surface area contributed by atoms with Gasteiger partial charge in [0.2, 0.25) is 0 Å². The van der Waals surface area contributed by atoms with E-state index in [1.807, 2.05) is 0 Å². The quantitative estimate of drug-likeness (QED) is 0.760. The Kier molecular flexibility index (Phi) is 2.63. The number of nitrogens with zero attached hydrogens (tertiary/aromatic N) is 1. The second-order valence-electron chi connectivity index (χ2n) is 3.32. The highest BCUT2D eigenvalue weighted by molar-refractivity contribution is 5.41. The van der Waals surface area contributed by atoms with Gasteiger partial charge in [-0.25, -0.2) is 4.39 Å². The third-order valence-electron chi connectivity index (χ3n) is 2.21. The van der Waals surface area contributed by atoms with Gasteiger partial charge in [-0.15, -0.1) is 0 Å². The Bertz CT molecular complexity index is 425. The van der Waals surface area contributed by atoms with E-state index >= 15 is 0 Å². The maximum absolute atomic E-state index is 13.9. The molecule has 1 aromatic heterocycles. The fourth-order valence-corrected chi connectivity index (χ4v) is 1.38. The van der Waals surface area contributed by atoms with E-state index in [1.165, 1.54) is 6.20 Å². The van der Waals surface area contributed by atoms with Gasteiger partial charge in [0.25, 0.3) is 0 Å². The van der Waals surface area contributed by atoms with Gasteiger partial charge >= 0.3 is 0 Å². The van der Waals surface area contributed by atoms with Crippen LogP contribution in [0.1, 0.15) is 17.3 Å². The van der Waals surface area contributed by atoms with E-state index in [0.29, 0.717) is 16.8 Å². The van der Waals surface area contributed by atoms with E-state index in [9.17, 15) is 4.39 Å². The van der Waals surface area contributed by atoms with Crippen LogP contribution in [0, 0.1) is 0 Å². The Balaban J connectivity index is 2.29. The van der Waals surface area contributed by atoms with Gasteiger partial charge in [0.1, 0.15) is 0 Å². The number of hydrogen-bond donors (Lipinski definition) is 1. The molecule has 2 N–H and O–H groups in total. The lowest BCUT2D eigenvalue weighted by Crippen LogP contribution is -1.95. The smallest absolute Gasteiger partial charge is 0.152 e. The van der Waals surface area contributed by atoms with Gasteiger partial charge in [0, 0.05) is 23.6 Å². The fourth-order valence-electron chi connectivity index (χ4n) is 1.38. The summed E-state index contributed by atoms with van der Waals surface area (Å²) in [5, 5.41) is 0. The third kappa shape index (κ3) is 2.13. The van der Waals surface area contributed by atoms with Crippen molar-refractivity contribution in [2.24, 2.45) is 0 Å². The summed E-state index contributed by atoms with van der Waals surface area (Å²) in [5.41, 5.74) is 7.32. The molecule has 0 spiro atoms. The molecule has 3 heteroatoms. The predicted octanol–water partition coefficient (Wildman–Crippen LogP) is 2.72. The molecule has 0 bridgehead atoms. The summed E-state index contributed by atoms with van der Waals surface area (Å²) in [7, 11) is 0. The molecule has 76 valence electrons. The van der Waals surface area contributed by atoms with E-state index in [1.54, 1.807) is 42.6 Å². The van der Waals surface area contributed by atoms with Crippen LogP contribution >= 0.6 is 0 Å². The van der Waals surface area contributed by atoms with Crippen LogP contribution in [-0.2, 0) is 0 Å². The van der Waals surface area contributed by atoms with Crippen molar-refractivity contribution in [2.75, 3.05) is 5.73 Å². The highest BCUT2D eigenvalue weighted by Crippen LogP contribution is 2.25. The van der Waals surface area contributed by atoms with Crippen molar-refractivity contribution in [1.82, 2.24) is 4.98 Å². The van der Waals surface area contributed by atoms with E-state index in [-0.39, 0.29) is 0 Å². The molecule has 1 heterocycles. The first-order chi connectivity index (χ1) is 7.27. The number of hydrogen-bond acceptors (Lipinski definition) is 2. The van der Waals surface area contributed by atoms with Gasteiger partial charge in [-0.2, -0.15) is 0 Å². The summed E-state index contributed by atoms with van der Waals surface area (Å²) in [6, 6.07) is 10.2. The first-order valence-electron chi connectivity index (χ1n) is 4.67. The molecule has 2 nitrogen and oxygen atoms in total. The van der Waals surface area contributed by atoms with Crippen LogP contribution in [0.4, 0.5) is 10.1 Å². The van der Waals surface area contributed by atoms with Crippen LogP contribution in [0.2, 0.25) is 0 Å². The number of aromatic nitrogens is 1. The lowest BCUT2D eigenvalue weighted by atomic mass is 10.0. The van der Waals surface area contributed by atoms with Crippen molar-refractivity contribution in [3.8, 4) is 0 Å². The Morgan fingerprint density at radius 3 is 2.40 bits per heavy atom. The minimum atomic E-state index is -1.14. The topological polar surface area (TPSA) is 38.9 Å². The van der Waals surface area contributed by atoms with Crippen molar-refractivity contribution < 1.29 is 4.39 Å². The number of halogens is 1. The number of pyridine rings is 1. The molecule has 0 fully saturated rings. The van der Waals surface area contributed by atoms with Crippen molar-refractivity contribution >= 4 is 5.69 Å². The normalized spacial score (nSPS) is 12.3. The Labute approximate surface area is 87.6 Å². The highest BCUT2D eigenvalue weighted by atomic mass is 19.1. The summed E-state index contributed by atoms with van der Waals surface area (Å²) in [4.78, 5) is 3.88. The molecule has 15 heavy (non-hydrogen) atoms. The van der Waals surface area contributed by atoms with E-state index < -0.39 is 6.17 Å².